The lowest BCUT2D eigenvalue weighted by Crippen LogP contribution is -2.24. The Kier molecular flexibility index (Phi) is 7.92. The lowest BCUT2D eigenvalue weighted by molar-refractivity contribution is -0.122. The zero-order valence-corrected chi connectivity index (χ0v) is 20.5. The molecule has 0 fully saturated rings. The molecule has 0 aliphatic carbocycles. The maximum atomic E-state index is 14.2. The Morgan fingerprint density at radius 2 is 1.00 bits per heavy atom. The average Bonchev–Trinajstić information content (AvgIpc) is 2.84. The van der Waals surface area contributed by atoms with Crippen LogP contribution in [0.3, 0.4) is 0 Å². The number of benzene rings is 4. The smallest absolute Gasteiger partial charge is 0.148 e. The van der Waals surface area contributed by atoms with Crippen molar-refractivity contribution >= 4 is 29.0 Å². The van der Waals surface area contributed by atoms with Gasteiger partial charge in [0.25, 0.3) is 0 Å². The van der Waals surface area contributed by atoms with Crippen LogP contribution < -0.4 is 0 Å². The van der Waals surface area contributed by atoms with Crippen molar-refractivity contribution in [2.24, 2.45) is 0 Å². The van der Waals surface area contributed by atoms with Crippen LogP contribution in [0.4, 0.5) is 8.78 Å². The Hall–Kier alpha value is -3.41. The molecule has 3 nitrogen and oxygen atoms in total. The van der Waals surface area contributed by atoms with Gasteiger partial charge < -0.3 is 10.2 Å². The summed E-state index contributed by atoms with van der Waals surface area (Å²) in [5.41, 5.74) is 2.04. The summed E-state index contributed by atoms with van der Waals surface area (Å²) in [6.07, 6.45) is 0.378. The van der Waals surface area contributed by atoms with Crippen LogP contribution >= 0.6 is 23.2 Å². The van der Waals surface area contributed by atoms with E-state index in [0.717, 1.165) is 23.3 Å². The molecule has 2 N–H and O–H groups in total. The van der Waals surface area contributed by atoms with E-state index in [2.05, 4.69) is 0 Å². The first-order chi connectivity index (χ1) is 17.2. The van der Waals surface area contributed by atoms with Gasteiger partial charge in [-0.25, -0.2) is 8.78 Å². The highest BCUT2D eigenvalue weighted by Crippen LogP contribution is 2.38. The lowest BCUT2D eigenvalue weighted by atomic mass is 9.77. The molecule has 0 spiro atoms. The number of phenols is 2. The number of aromatic hydroxyl groups is 2. The number of hydrogen-bond acceptors (Lipinski definition) is 3. The van der Waals surface area contributed by atoms with Gasteiger partial charge in [0.05, 0.1) is 11.8 Å². The Labute approximate surface area is 217 Å². The SMILES string of the molecule is O=C(C(Cc1ccc(Cl)cc1)c1ccc(F)cc1O)C(Cc1ccc(Cl)cc1)c1ccc(F)cc1O. The van der Waals surface area contributed by atoms with Gasteiger partial charge in [-0.05, 0) is 60.4 Å². The maximum Gasteiger partial charge on any atom is 0.148 e. The molecule has 2 atom stereocenters. The zero-order chi connectivity index (χ0) is 25.8. The standard InChI is InChI=1S/C29H22Cl2F2O3/c30-19-5-1-17(2-6-19)13-25(23-11-9-21(32)15-27(23)34)29(36)26(14-18-3-7-20(31)8-4-18)24-12-10-22(33)16-28(24)35/h1-12,15-16,25-26,34-35H,13-14H2. The quantitative estimate of drug-likeness (QED) is 0.248. The monoisotopic (exact) mass is 526 g/mol. The molecule has 0 aliphatic heterocycles. The molecule has 2 unspecified atom stereocenters. The van der Waals surface area contributed by atoms with E-state index in [9.17, 15) is 23.8 Å². The molecule has 0 heterocycles. The Bertz CT molecular complexity index is 1270. The molecule has 4 rings (SSSR count). The molecular formula is C29H22Cl2F2O3. The third kappa shape index (κ3) is 6.04. The topological polar surface area (TPSA) is 57.5 Å². The normalized spacial score (nSPS) is 12.8. The van der Waals surface area contributed by atoms with E-state index in [1.807, 2.05) is 0 Å². The molecule has 0 aliphatic rings. The molecule has 184 valence electrons. The highest BCUT2D eigenvalue weighted by atomic mass is 35.5. The first-order valence-electron chi connectivity index (χ1n) is 11.2. The summed E-state index contributed by atoms with van der Waals surface area (Å²) in [6.45, 7) is 0. The highest BCUT2D eigenvalue weighted by molar-refractivity contribution is 6.30. The van der Waals surface area contributed by atoms with Crippen LogP contribution in [0.2, 0.25) is 10.0 Å². The van der Waals surface area contributed by atoms with Gasteiger partial charge in [0.2, 0.25) is 0 Å². The van der Waals surface area contributed by atoms with Crippen LogP contribution in [0.1, 0.15) is 34.1 Å². The Morgan fingerprint density at radius 1 is 0.639 bits per heavy atom. The van der Waals surface area contributed by atoms with Gasteiger partial charge in [-0.15, -0.1) is 0 Å². The van der Waals surface area contributed by atoms with Crippen molar-refractivity contribution in [3.8, 4) is 11.5 Å². The second-order valence-electron chi connectivity index (χ2n) is 8.57. The minimum atomic E-state index is -0.895. The fourth-order valence-corrected chi connectivity index (χ4v) is 4.56. The lowest BCUT2D eigenvalue weighted by Gasteiger charge is -2.25. The van der Waals surface area contributed by atoms with E-state index in [1.165, 1.54) is 24.3 Å². The largest absolute Gasteiger partial charge is 0.508 e. The summed E-state index contributed by atoms with van der Waals surface area (Å²) < 4.78 is 27.6. The second-order valence-corrected chi connectivity index (χ2v) is 9.45. The zero-order valence-electron chi connectivity index (χ0n) is 19.0. The van der Waals surface area contributed by atoms with Crippen LogP contribution in [0.5, 0.6) is 11.5 Å². The third-order valence-corrected chi connectivity index (χ3v) is 6.63. The summed E-state index contributed by atoms with van der Waals surface area (Å²) in [4.78, 5) is 14.2. The molecular weight excluding hydrogens is 505 g/mol. The van der Waals surface area contributed by atoms with E-state index in [0.29, 0.717) is 10.0 Å². The number of halogens is 4. The first-order valence-corrected chi connectivity index (χ1v) is 12.0. The molecule has 0 saturated carbocycles. The predicted molar refractivity (Wildman–Crippen MR) is 137 cm³/mol. The first kappa shape index (κ1) is 25.7. The minimum Gasteiger partial charge on any atom is -0.508 e. The van der Waals surface area contributed by atoms with E-state index in [1.54, 1.807) is 48.5 Å². The van der Waals surface area contributed by atoms with Crippen LogP contribution in [0.15, 0.2) is 84.9 Å². The van der Waals surface area contributed by atoms with Crippen molar-refractivity contribution < 1.29 is 23.8 Å². The fraction of sp³-hybridized carbons (Fsp3) is 0.138. The van der Waals surface area contributed by atoms with Crippen molar-refractivity contribution in [2.75, 3.05) is 0 Å². The summed E-state index contributed by atoms with van der Waals surface area (Å²) in [6, 6.07) is 20.9. The van der Waals surface area contributed by atoms with Gasteiger partial charge in [0.1, 0.15) is 28.9 Å². The van der Waals surface area contributed by atoms with Gasteiger partial charge in [0.15, 0.2) is 0 Å². The molecule has 4 aromatic carbocycles. The summed E-state index contributed by atoms with van der Waals surface area (Å²) in [5.74, 6) is -4.09. The average molecular weight is 527 g/mol. The Morgan fingerprint density at radius 3 is 1.33 bits per heavy atom. The third-order valence-electron chi connectivity index (χ3n) is 6.13. The van der Waals surface area contributed by atoms with Gasteiger partial charge >= 0.3 is 0 Å². The summed E-state index contributed by atoms with van der Waals surface area (Å²) in [7, 11) is 0. The fourth-order valence-electron chi connectivity index (χ4n) is 4.31. The molecule has 36 heavy (non-hydrogen) atoms. The molecule has 0 radical (unpaired) electrons. The predicted octanol–water partition coefficient (Wildman–Crippen LogP) is 7.60. The van der Waals surface area contributed by atoms with Crippen LogP contribution in [0, 0.1) is 11.6 Å². The van der Waals surface area contributed by atoms with Gasteiger partial charge in [-0.3, -0.25) is 4.79 Å². The molecule has 4 aromatic rings. The molecule has 0 bridgehead atoms. The van der Waals surface area contributed by atoms with E-state index < -0.39 is 23.5 Å². The number of rotatable bonds is 8. The van der Waals surface area contributed by atoms with Crippen molar-refractivity contribution in [1.29, 1.82) is 0 Å². The van der Waals surface area contributed by atoms with Gasteiger partial charge in [0, 0.05) is 33.3 Å². The van der Waals surface area contributed by atoms with Gasteiger partial charge in [-0.1, -0.05) is 59.6 Å². The number of carbonyl (C=O) groups is 1. The highest BCUT2D eigenvalue weighted by Gasteiger charge is 2.33. The van der Waals surface area contributed by atoms with E-state index in [4.69, 9.17) is 23.2 Å². The van der Waals surface area contributed by atoms with Gasteiger partial charge in [-0.2, -0.15) is 0 Å². The molecule has 0 saturated heterocycles. The Balaban J connectivity index is 1.81. The van der Waals surface area contributed by atoms with Crippen molar-refractivity contribution in [3.05, 3.63) is 129 Å². The minimum absolute atomic E-state index is 0.189. The molecule has 0 amide bonds. The van der Waals surface area contributed by atoms with Crippen LogP contribution in [0.25, 0.3) is 0 Å². The van der Waals surface area contributed by atoms with Crippen molar-refractivity contribution in [2.45, 2.75) is 24.7 Å². The summed E-state index contributed by atoms with van der Waals surface area (Å²) >= 11 is 12.0. The number of phenolic OH excluding ortho intramolecular Hbond substituents is 2. The second kappa shape index (κ2) is 11.1. The number of Topliss-reactive ketones (excluding diaryl/α,β-unsaturated/α-hetero) is 1. The van der Waals surface area contributed by atoms with Crippen molar-refractivity contribution in [3.63, 3.8) is 0 Å². The number of ketones is 1. The van der Waals surface area contributed by atoms with Crippen LogP contribution in [-0.2, 0) is 17.6 Å². The summed E-state index contributed by atoms with van der Waals surface area (Å²) in [5, 5.41) is 22.2. The van der Waals surface area contributed by atoms with Crippen LogP contribution in [-0.4, -0.2) is 16.0 Å². The maximum absolute atomic E-state index is 14.2. The number of carbonyl (C=O) groups excluding carboxylic acids is 1. The van der Waals surface area contributed by atoms with E-state index in [-0.39, 0.29) is 41.3 Å². The number of hydrogen-bond donors (Lipinski definition) is 2. The molecule has 0 aromatic heterocycles. The molecule has 7 heteroatoms. The van der Waals surface area contributed by atoms with E-state index >= 15 is 0 Å². The van der Waals surface area contributed by atoms with Crippen molar-refractivity contribution in [1.82, 2.24) is 0 Å².